The fraction of sp³-hybridized carbons (Fsp3) is 0.417. The number of anilines is 1. The van der Waals surface area contributed by atoms with Crippen LogP contribution >= 0.6 is 11.3 Å². The van der Waals surface area contributed by atoms with Gasteiger partial charge in [0.25, 0.3) is 0 Å². The van der Waals surface area contributed by atoms with Crippen LogP contribution in [0.5, 0.6) is 0 Å². The molecule has 0 aromatic carbocycles. The Hall–Kier alpha value is -2.29. The number of amides is 2. The van der Waals surface area contributed by atoms with Gasteiger partial charge < -0.3 is 20.2 Å². The number of rotatable bonds is 2. The van der Waals surface area contributed by atoms with Gasteiger partial charge in [-0.25, -0.2) is 14.6 Å². The lowest BCUT2D eigenvalue weighted by molar-refractivity contribution is 0.0689. The van der Waals surface area contributed by atoms with E-state index >= 15 is 0 Å². The molecule has 1 atom stereocenters. The van der Waals surface area contributed by atoms with Crippen molar-refractivity contribution < 1.29 is 14.7 Å². The van der Waals surface area contributed by atoms with E-state index in [9.17, 15) is 14.7 Å². The number of aromatic carboxylic acids is 1. The number of aromatic nitrogens is 2. The third-order valence-electron chi connectivity index (χ3n) is 3.98. The summed E-state index contributed by atoms with van der Waals surface area (Å²) in [6, 6.07) is 0.0385. The van der Waals surface area contributed by atoms with Crippen molar-refractivity contribution >= 4 is 34.1 Å². The van der Waals surface area contributed by atoms with Crippen molar-refractivity contribution in [1.82, 2.24) is 19.6 Å². The summed E-state index contributed by atoms with van der Waals surface area (Å²) in [6.07, 6.45) is 1.72. The van der Waals surface area contributed by atoms with E-state index in [0.29, 0.717) is 37.0 Å². The molecule has 0 spiro atoms. The van der Waals surface area contributed by atoms with Gasteiger partial charge >= 0.3 is 12.0 Å². The molecule has 2 amide bonds. The van der Waals surface area contributed by atoms with E-state index < -0.39 is 5.97 Å². The molecule has 2 aliphatic heterocycles. The molecule has 0 saturated carbocycles. The number of urea groups is 1. The normalized spacial score (nSPS) is 21.7. The van der Waals surface area contributed by atoms with Gasteiger partial charge in [0, 0.05) is 37.8 Å². The molecule has 2 aromatic rings. The van der Waals surface area contributed by atoms with Crippen molar-refractivity contribution in [2.45, 2.75) is 6.04 Å². The fourth-order valence-electron chi connectivity index (χ4n) is 2.99. The molecule has 1 unspecified atom stereocenters. The van der Waals surface area contributed by atoms with Gasteiger partial charge in [-0.2, -0.15) is 0 Å². The van der Waals surface area contributed by atoms with E-state index in [-0.39, 0.29) is 17.8 Å². The molecule has 0 bridgehead atoms. The molecule has 4 heterocycles. The van der Waals surface area contributed by atoms with Gasteiger partial charge in [-0.05, 0) is 0 Å². The van der Waals surface area contributed by atoms with E-state index in [1.807, 2.05) is 10.3 Å². The molecule has 21 heavy (non-hydrogen) atoms. The molecule has 2 saturated heterocycles. The number of piperazine rings is 1. The molecule has 9 heteroatoms. The first-order valence-electron chi connectivity index (χ1n) is 6.63. The number of hydrogen-bond acceptors (Lipinski definition) is 5. The molecular weight excluding hydrogens is 294 g/mol. The molecule has 8 nitrogen and oxygen atoms in total. The Balaban J connectivity index is 1.70. The molecule has 0 aliphatic carbocycles. The monoisotopic (exact) mass is 307 g/mol. The standard InChI is InChI=1S/C12H13N5O3S/c18-10(19)8-9(14-12-17(8)3-4-21-12)15-1-2-16-7(6-15)5-13-11(16)20/h3-4,7H,1-2,5-6H2,(H,13,20)(H,18,19). The van der Waals surface area contributed by atoms with E-state index in [2.05, 4.69) is 10.3 Å². The highest BCUT2D eigenvalue weighted by atomic mass is 32.1. The number of imidazole rings is 1. The maximum atomic E-state index is 11.6. The summed E-state index contributed by atoms with van der Waals surface area (Å²) >= 11 is 1.41. The van der Waals surface area contributed by atoms with Crippen molar-refractivity contribution in [3.05, 3.63) is 17.3 Å². The molecule has 4 rings (SSSR count). The minimum atomic E-state index is -0.987. The van der Waals surface area contributed by atoms with Crippen LogP contribution in [0.2, 0.25) is 0 Å². The summed E-state index contributed by atoms with van der Waals surface area (Å²) in [5.41, 5.74) is 0.192. The Kier molecular flexibility index (Phi) is 2.58. The van der Waals surface area contributed by atoms with Crippen LogP contribution in [0, 0.1) is 0 Å². The van der Waals surface area contributed by atoms with Gasteiger partial charge in [-0.3, -0.25) is 4.40 Å². The van der Waals surface area contributed by atoms with Crippen LogP contribution in [0.1, 0.15) is 10.5 Å². The first-order chi connectivity index (χ1) is 10.1. The SMILES string of the molecule is O=C(O)c1c(N2CCN3C(=O)NCC3C2)nc2sccn12. The van der Waals surface area contributed by atoms with Crippen molar-refractivity contribution in [2.75, 3.05) is 31.1 Å². The molecule has 2 aromatic heterocycles. The molecule has 2 aliphatic rings. The largest absolute Gasteiger partial charge is 0.476 e. The molecule has 2 N–H and O–H groups in total. The second kappa shape index (κ2) is 4.35. The van der Waals surface area contributed by atoms with Gasteiger partial charge in [0.2, 0.25) is 0 Å². The summed E-state index contributed by atoms with van der Waals surface area (Å²) in [5, 5.41) is 14.1. The van der Waals surface area contributed by atoms with Crippen LogP contribution in [0.25, 0.3) is 4.96 Å². The van der Waals surface area contributed by atoms with Crippen molar-refractivity contribution in [3.63, 3.8) is 0 Å². The first-order valence-corrected chi connectivity index (χ1v) is 7.51. The number of carbonyl (C=O) groups is 2. The van der Waals surface area contributed by atoms with Gasteiger partial charge in [0.15, 0.2) is 16.5 Å². The number of fused-ring (bicyclic) bond motifs is 2. The quantitative estimate of drug-likeness (QED) is 0.833. The minimum Gasteiger partial charge on any atom is -0.476 e. The lowest BCUT2D eigenvalue weighted by Crippen LogP contribution is -2.52. The minimum absolute atomic E-state index is 0.0380. The zero-order valence-electron chi connectivity index (χ0n) is 11.0. The lowest BCUT2D eigenvalue weighted by Gasteiger charge is -2.36. The number of nitrogens with one attached hydrogen (secondary N) is 1. The second-order valence-electron chi connectivity index (χ2n) is 5.12. The Morgan fingerprint density at radius 1 is 1.48 bits per heavy atom. The fourth-order valence-corrected chi connectivity index (χ4v) is 3.70. The zero-order valence-corrected chi connectivity index (χ0v) is 11.8. The average molecular weight is 307 g/mol. The van der Waals surface area contributed by atoms with Gasteiger partial charge in [0.05, 0.1) is 6.04 Å². The predicted molar refractivity (Wildman–Crippen MR) is 76.1 cm³/mol. The van der Waals surface area contributed by atoms with E-state index in [4.69, 9.17) is 0 Å². The van der Waals surface area contributed by atoms with Crippen LogP contribution in [0.3, 0.4) is 0 Å². The number of carbonyl (C=O) groups excluding carboxylic acids is 1. The Morgan fingerprint density at radius 2 is 2.33 bits per heavy atom. The number of thiazole rings is 1. The maximum absolute atomic E-state index is 11.6. The lowest BCUT2D eigenvalue weighted by atomic mass is 10.2. The van der Waals surface area contributed by atoms with E-state index in [1.165, 1.54) is 11.3 Å². The number of carboxylic acid groups (broad SMARTS) is 1. The molecule has 110 valence electrons. The number of nitrogens with zero attached hydrogens (tertiary/aromatic N) is 4. The topological polar surface area (TPSA) is 90.2 Å². The summed E-state index contributed by atoms with van der Waals surface area (Å²) in [5.74, 6) is -0.493. The second-order valence-corrected chi connectivity index (χ2v) is 6.00. The molecular formula is C12H13N5O3S. The summed E-state index contributed by atoms with van der Waals surface area (Å²) < 4.78 is 1.60. The van der Waals surface area contributed by atoms with Crippen molar-refractivity contribution in [3.8, 4) is 0 Å². The third kappa shape index (κ3) is 1.77. The van der Waals surface area contributed by atoms with Gasteiger partial charge in [-0.15, -0.1) is 11.3 Å². The Labute approximate surface area is 123 Å². The number of hydrogen-bond donors (Lipinski definition) is 2. The highest BCUT2D eigenvalue weighted by Gasteiger charge is 2.37. The average Bonchev–Trinajstić information content (AvgIpc) is 3.12. The third-order valence-corrected chi connectivity index (χ3v) is 4.73. The van der Waals surface area contributed by atoms with Crippen LogP contribution in [-0.2, 0) is 0 Å². The summed E-state index contributed by atoms with van der Waals surface area (Å²) in [6.45, 7) is 2.37. The smallest absolute Gasteiger partial charge is 0.356 e. The highest BCUT2D eigenvalue weighted by molar-refractivity contribution is 7.15. The zero-order chi connectivity index (χ0) is 14.6. The Bertz CT molecular complexity index is 738. The van der Waals surface area contributed by atoms with Gasteiger partial charge in [0.1, 0.15) is 0 Å². The van der Waals surface area contributed by atoms with E-state index in [1.54, 1.807) is 15.5 Å². The van der Waals surface area contributed by atoms with Crippen molar-refractivity contribution in [1.29, 1.82) is 0 Å². The van der Waals surface area contributed by atoms with Crippen LogP contribution in [0.4, 0.5) is 10.6 Å². The first kappa shape index (κ1) is 12.5. The molecule has 0 radical (unpaired) electrons. The molecule has 2 fully saturated rings. The van der Waals surface area contributed by atoms with Crippen LogP contribution in [-0.4, -0.2) is 63.6 Å². The van der Waals surface area contributed by atoms with Crippen LogP contribution in [0.15, 0.2) is 11.6 Å². The summed E-state index contributed by atoms with van der Waals surface area (Å²) in [7, 11) is 0. The summed E-state index contributed by atoms with van der Waals surface area (Å²) in [4.78, 5) is 32.1. The predicted octanol–water partition coefficient (Wildman–Crippen LogP) is 0.308. The maximum Gasteiger partial charge on any atom is 0.356 e. The van der Waals surface area contributed by atoms with Crippen LogP contribution < -0.4 is 10.2 Å². The van der Waals surface area contributed by atoms with Crippen molar-refractivity contribution in [2.24, 2.45) is 0 Å². The van der Waals surface area contributed by atoms with E-state index in [0.717, 1.165) is 0 Å². The number of carboxylic acids is 1. The van der Waals surface area contributed by atoms with Gasteiger partial charge in [-0.1, -0.05) is 0 Å². The highest BCUT2D eigenvalue weighted by Crippen LogP contribution is 2.27. The Morgan fingerprint density at radius 3 is 3.14 bits per heavy atom.